The monoisotopic (exact) mass is 313 g/mol. The van der Waals surface area contributed by atoms with Gasteiger partial charge in [-0.2, -0.15) is 5.10 Å². The summed E-state index contributed by atoms with van der Waals surface area (Å²) >= 11 is 0. The first-order valence-electron chi connectivity index (χ1n) is 7.12. The van der Waals surface area contributed by atoms with Crippen molar-refractivity contribution in [3.05, 3.63) is 66.4 Å². The molecule has 2 heterocycles. The van der Waals surface area contributed by atoms with Crippen LogP contribution in [0.15, 0.2) is 55.0 Å². The van der Waals surface area contributed by atoms with Crippen LogP contribution >= 0.6 is 0 Å². The zero-order valence-corrected chi connectivity index (χ0v) is 12.6. The summed E-state index contributed by atoms with van der Waals surface area (Å²) < 4.78 is 20.3. The molecule has 3 rings (SSSR count). The molecule has 5 nitrogen and oxygen atoms in total. The lowest BCUT2D eigenvalue weighted by Crippen LogP contribution is -2.11. The number of benzene rings is 1. The van der Waals surface area contributed by atoms with Gasteiger partial charge in [0.25, 0.3) is 0 Å². The third kappa shape index (κ3) is 3.22. The number of ether oxygens (including phenoxy) is 1. The first kappa shape index (κ1) is 15.2. The van der Waals surface area contributed by atoms with Crippen LogP contribution in [0.5, 0.6) is 5.75 Å². The molecule has 0 aliphatic heterocycles. The molecule has 1 atom stereocenters. The van der Waals surface area contributed by atoms with Crippen molar-refractivity contribution in [1.82, 2.24) is 14.8 Å². The summed E-state index contributed by atoms with van der Waals surface area (Å²) in [5.74, 6) is -0.351. The van der Waals surface area contributed by atoms with Gasteiger partial charge in [-0.1, -0.05) is 6.07 Å². The zero-order valence-electron chi connectivity index (χ0n) is 12.6. The van der Waals surface area contributed by atoms with Crippen LogP contribution in [0.3, 0.4) is 0 Å². The lowest BCUT2D eigenvalue weighted by molar-refractivity contribution is 0.151. The number of aliphatic hydroxyl groups excluding tert-OH is 1. The fraction of sp³-hybridized carbons (Fsp3) is 0.176. The number of rotatable bonds is 5. The fourth-order valence-electron chi connectivity index (χ4n) is 2.41. The third-order valence-electron chi connectivity index (χ3n) is 3.60. The van der Waals surface area contributed by atoms with E-state index >= 15 is 0 Å². The minimum Gasteiger partial charge on any atom is -0.494 e. The van der Waals surface area contributed by atoms with E-state index in [0.29, 0.717) is 5.56 Å². The maximum Gasteiger partial charge on any atom is 0.165 e. The predicted octanol–water partition coefficient (Wildman–Crippen LogP) is 2.83. The Kier molecular flexibility index (Phi) is 4.34. The second-order valence-corrected chi connectivity index (χ2v) is 5.04. The molecule has 0 radical (unpaired) electrons. The molecule has 3 aromatic rings. The summed E-state index contributed by atoms with van der Waals surface area (Å²) in [5.41, 5.74) is 2.28. The first-order valence-corrected chi connectivity index (χ1v) is 7.12. The Hall–Kier alpha value is -2.73. The summed E-state index contributed by atoms with van der Waals surface area (Å²) in [6, 6.07) is 10.0. The second kappa shape index (κ2) is 6.58. The highest BCUT2D eigenvalue weighted by molar-refractivity contribution is 5.58. The summed E-state index contributed by atoms with van der Waals surface area (Å²) in [6.07, 6.45) is 4.18. The van der Waals surface area contributed by atoms with E-state index in [9.17, 15) is 9.50 Å². The van der Waals surface area contributed by atoms with Gasteiger partial charge in [-0.25, -0.2) is 4.39 Å². The molecule has 0 saturated heterocycles. The minimum absolute atomic E-state index is 0.150. The Labute approximate surface area is 133 Å². The van der Waals surface area contributed by atoms with E-state index in [2.05, 4.69) is 10.1 Å². The van der Waals surface area contributed by atoms with Crippen LogP contribution in [-0.2, 0) is 6.54 Å². The van der Waals surface area contributed by atoms with E-state index < -0.39 is 11.9 Å². The molecule has 1 unspecified atom stereocenters. The number of aromatic nitrogens is 3. The van der Waals surface area contributed by atoms with E-state index in [1.165, 1.54) is 19.2 Å². The molecule has 118 valence electrons. The van der Waals surface area contributed by atoms with Crippen LogP contribution in [0.1, 0.15) is 11.7 Å². The molecule has 0 aliphatic carbocycles. The van der Waals surface area contributed by atoms with Crippen molar-refractivity contribution >= 4 is 0 Å². The molecule has 1 N–H and O–H groups in total. The van der Waals surface area contributed by atoms with E-state index in [4.69, 9.17) is 4.74 Å². The third-order valence-corrected chi connectivity index (χ3v) is 3.60. The van der Waals surface area contributed by atoms with Crippen LogP contribution in [0.25, 0.3) is 11.3 Å². The molecule has 0 bridgehead atoms. The SMILES string of the molecule is COc1ccc(C(O)Cn2nccc2-c2ccncc2)cc1F. The van der Waals surface area contributed by atoms with E-state index in [-0.39, 0.29) is 12.3 Å². The molecule has 0 spiro atoms. The molecule has 0 saturated carbocycles. The number of nitrogens with zero attached hydrogens (tertiary/aromatic N) is 3. The number of halogens is 1. The quantitative estimate of drug-likeness (QED) is 0.787. The largest absolute Gasteiger partial charge is 0.494 e. The second-order valence-electron chi connectivity index (χ2n) is 5.04. The molecule has 1 aromatic carbocycles. The summed E-state index contributed by atoms with van der Waals surface area (Å²) in [7, 11) is 1.40. The lowest BCUT2D eigenvalue weighted by atomic mass is 10.1. The molecular formula is C17H16FN3O2. The summed E-state index contributed by atoms with van der Waals surface area (Å²) in [6.45, 7) is 0.219. The Morgan fingerprint density at radius 2 is 1.96 bits per heavy atom. The average molecular weight is 313 g/mol. The topological polar surface area (TPSA) is 60.2 Å². The fourth-order valence-corrected chi connectivity index (χ4v) is 2.41. The van der Waals surface area contributed by atoms with Crippen molar-refractivity contribution in [3.63, 3.8) is 0 Å². The highest BCUT2D eigenvalue weighted by Crippen LogP contribution is 2.25. The summed E-state index contributed by atoms with van der Waals surface area (Å²) in [5, 5.41) is 14.6. The number of hydrogen-bond donors (Lipinski definition) is 1. The van der Waals surface area contributed by atoms with Crippen LogP contribution in [-0.4, -0.2) is 27.0 Å². The molecule has 23 heavy (non-hydrogen) atoms. The number of aliphatic hydroxyl groups is 1. The van der Waals surface area contributed by atoms with Gasteiger partial charge in [0.1, 0.15) is 0 Å². The number of pyridine rings is 1. The molecular weight excluding hydrogens is 297 g/mol. The number of hydrogen-bond acceptors (Lipinski definition) is 4. The molecule has 0 aliphatic rings. The molecule has 0 fully saturated rings. The molecule has 2 aromatic heterocycles. The Morgan fingerprint density at radius 1 is 1.17 bits per heavy atom. The van der Waals surface area contributed by atoms with Crippen molar-refractivity contribution in [2.24, 2.45) is 0 Å². The van der Waals surface area contributed by atoms with E-state index in [1.54, 1.807) is 29.3 Å². The maximum absolute atomic E-state index is 13.8. The highest BCUT2D eigenvalue weighted by atomic mass is 19.1. The Balaban J connectivity index is 1.83. The van der Waals surface area contributed by atoms with E-state index in [0.717, 1.165) is 11.3 Å². The normalized spacial score (nSPS) is 12.1. The summed E-state index contributed by atoms with van der Waals surface area (Å²) in [4.78, 5) is 3.99. The van der Waals surface area contributed by atoms with Crippen molar-refractivity contribution in [2.75, 3.05) is 7.11 Å². The van der Waals surface area contributed by atoms with Crippen LogP contribution < -0.4 is 4.74 Å². The van der Waals surface area contributed by atoms with Gasteiger partial charge in [0.15, 0.2) is 11.6 Å². The van der Waals surface area contributed by atoms with Crippen molar-refractivity contribution in [1.29, 1.82) is 0 Å². The van der Waals surface area contributed by atoms with Crippen LogP contribution in [0.4, 0.5) is 4.39 Å². The molecule has 0 amide bonds. The van der Waals surface area contributed by atoms with Gasteiger partial charge in [0.2, 0.25) is 0 Å². The van der Waals surface area contributed by atoms with Crippen LogP contribution in [0, 0.1) is 5.82 Å². The minimum atomic E-state index is -0.879. The standard InChI is InChI=1S/C17H16FN3O2/c1-23-17-3-2-13(10-14(17)18)16(22)11-21-15(6-9-20-21)12-4-7-19-8-5-12/h2-10,16,22H,11H2,1H3. The Bertz CT molecular complexity index is 790. The number of methoxy groups -OCH3 is 1. The zero-order chi connectivity index (χ0) is 16.2. The van der Waals surface area contributed by atoms with Gasteiger partial charge in [-0.05, 0) is 35.9 Å². The van der Waals surface area contributed by atoms with E-state index in [1.807, 2.05) is 18.2 Å². The van der Waals surface area contributed by atoms with Gasteiger partial charge >= 0.3 is 0 Å². The predicted molar refractivity (Wildman–Crippen MR) is 83.4 cm³/mol. The smallest absolute Gasteiger partial charge is 0.165 e. The van der Waals surface area contributed by atoms with Crippen molar-refractivity contribution < 1.29 is 14.2 Å². The van der Waals surface area contributed by atoms with Crippen molar-refractivity contribution in [3.8, 4) is 17.0 Å². The van der Waals surface area contributed by atoms with Crippen LogP contribution in [0.2, 0.25) is 0 Å². The van der Waals surface area contributed by atoms with Gasteiger partial charge in [0, 0.05) is 24.2 Å². The van der Waals surface area contributed by atoms with Gasteiger partial charge in [-0.15, -0.1) is 0 Å². The molecule has 6 heteroatoms. The lowest BCUT2D eigenvalue weighted by Gasteiger charge is -2.14. The van der Waals surface area contributed by atoms with Gasteiger partial charge in [-0.3, -0.25) is 9.67 Å². The van der Waals surface area contributed by atoms with Gasteiger partial charge < -0.3 is 9.84 Å². The Morgan fingerprint density at radius 3 is 2.65 bits per heavy atom. The average Bonchev–Trinajstić information content (AvgIpc) is 3.03. The maximum atomic E-state index is 13.8. The first-order chi connectivity index (χ1) is 11.2. The van der Waals surface area contributed by atoms with Gasteiger partial charge in [0.05, 0.1) is 25.5 Å². The van der Waals surface area contributed by atoms with Crippen molar-refractivity contribution in [2.45, 2.75) is 12.6 Å². The highest BCUT2D eigenvalue weighted by Gasteiger charge is 2.14.